The number of ether oxygens (including phenoxy) is 1. The molecule has 158 valence electrons. The third kappa shape index (κ3) is 4.76. The van der Waals surface area contributed by atoms with Gasteiger partial charge < -0.3 is 10.1 Å². The molecule has 3 aromatic carbocycles. The minimum Gasteiger partial charge on any atom is -0.488 e. The highest BCUT2D eigenvalue weighted by atomic mass is 35.5. The van der Waals surface area contributed by atoms with Crippen molar-refractivity contribution in [1.82, 2.24) is 10.2 Å². The molecular weight excluding hydrogens is 415 g/mol. The second-order valence-corrected chi connectivity index (χ2v) is 8.62. The van der Waals surface area contributed by atoms with E-state index in [-0.39, 0.29) is 0 Å². The predicted octanol–water partition coefficient (Wildman–Crippen LogP) is 6.30. The molecule has 0 spiro atoms. The summed E-state index contributed by atoms with van der Waals surface area (Å²) in [5.74, 6) is 0.871. The van der Waals surface area contributed by atoms with Gasteiger partial charge in [0.05, 0.1) is 0 Å². The maximum Gasteiger partial charge on any atom is 0.124 e. The molecule has 0 aromatic heterocycles. The molecule has 0 bridgehead atoms. The van der Waals surface area contributed by atoms with E-state index in [0.29, 0.717) is 22.7 Å². The largest absolute Gasteiger partial charge is 0.488 e. The van der Waals surface area contributed by atoms with E-state index in [1.165, 1.54) is 35.7 Å². The van der Waals surface area contributed by atoms with E-state index in [4.69, 9.17) is 27.9 Å². The lowest BCUT2D eigenvalue weighted by Gasteiger charge is -2.23. The summed E-state index contributed by atoms with van der Waals surface area (Å²) in [7, 11) is 0. The van der Waals surface area contributed by atoms with Crippen molar-refractivity contribution in [2.45, 2.75) is 39.0 Å². The van der Waals surface area contributed by atoms with Gasteiger partial charge in [0.2, 0.25) is 0 Å². The van der Waals surface area contributed by atoms with Gasteiger partial charge in [-0.25, -0.2) is 0 Å². The van der Waals surface area contributed by atoms with Crippen LogP contribution in [0.25, 0.3) is 10.8 Å². The Morgan fingerprint density at radius 2 is 1.80 bits per heavy atom. The Balaban J connectivity index is 1.53. The van der Waals surface area contributed by atoms with Crippen molar-refractivity contribution in [2.75, 3.05) is 19.6 Å². The van der Waals surface area contributed by atoms with Crippen LogP contribution in [-0.4, -0.2) is 30.6 Å². The lowest BCUT2D eigenvalue weighted by atomic mass is 10.0. The molecule has 1 saturated heterocycles. The van der Waals surface area contributed by atoms with Gasteiger partial charge in [-0.15, -0.1) is 0 Å². The number of nitrogens with one attached hydrogen (secondary N) is 1. The number of fused-ring (bicyclic) bond motifs is 1. The fourth-order valence-corrected chi connectivity index (χ4v) is 4.87. The summed E-state index contributed by atoms with van der Waals surface area (Å²) >= 11 is 12.7. The molecule has 1 aliphatic heterocycles. The Labute approximate surface area is 188 Å². The molecular formula is C25H28Cl2N2O. The Bertz CT molecular complexity index is 987. The standard InChI is InChI=1S/C25H28Cl2N2O/c1-2-29-14-6-8-19(29)15-28-16-21-20-9-4-3-7-18(20)12-13-25(21)30-17-22-23(26)10-5-11-24(22)27/h3-5,7,9-13,19,28H,2,6,8,14-17H2,1H3. The van der Waals surface area contributed by atoms with Gasteiger partial charge in [0.25, 0.3) is 0 Å². The predicted molar refractivity (Wildman–Crippen MR) is 127 cm³/mol. The Hall–Kier alpha value is -1.78. The monoisotopic (exact) mass is 442 g/mol. The number of likely N-dealkylation sites (tertiary alicyclic amines) is 1. The van der Waals surface area contributed by atoms with Gasteiger partial charge in [-0.3, -0.25) is 4.90 Å². The topological polar surface area (TPSA) is 24.5 Å². The molecule has 5 heteroatoms. The second kappa shape index (κ2) is 10.0. The molecule has 30 heavy (non-hydrogen) atoms. The quantitative estimate of drug-likeness (QED) is 0.442. The van der Waals surface area contributed by atoms with Crippen LogP contribution < -0.4 is 10.1 Å². The van der Waals surface area contributed by atoms with Crippen molar-refractivity contribution in [2.24, 2.45) is 0 Å². The number of likely N-dealkylation sites (N-methyl/N-ethyl adjacent to an activating group) is 1. The second-order valence-electron chi connectivity index (χ2n) is 7.81. The van der Waals surface area contributed by atoms with E-state index >= 15 is 0 Å². The SMILES string of the molecule is CCN1CCCC1CNCc1c(OCc2c(Cl)cccc2Cl)ccc2ccccc12. The van der Waals surface area contributed by atoms with Crippen LogP contribution in [0.1, 0.15) is 30.9 Å². The van der Waals surface area contributed by atoms with E-state index in [0.717, 1.165) is 30.9 Å². The van der Waals surface area contributed by atoms with Crippen LogP contribution in [-0.2, 0) is 13.2 Å². The molecule has 3 aromatic rings. The minimum atomic E-state index is 0.343. The molecule has 4 rings (SSSR count). The molecule has 1 N–H and O–H groups in total. The summed E-state index contributed by atoms with van der Waals surface area (Å²) in [4.78, 5) is 2.56. The summed E-state index contributed by atoms with van der Waals surface area (Å²) in [6, 6.07) is 18.8. The smallest absolute Gasteiger partial charge is 0.124 e. The summed E-state index contributed by atoms with van der Waals surface area (Å²) < 4.78 is 6.24. The molecule has 0 saturated carbocycles. The molecule has 0 radical (unpaired) electrons. The van der Waals surface area contributed by atoms with Crippen LogP contribution in [0.5, 0.6) is 5.75 Å². The number of hydrogen-bond donors (Lipinski definition) is 1. The lowest BCUT2D eigenvalue weighted by Crippen LogP contribution is -2.37. The van der Waals surface area contributed by atoms with Crippen molar-refractivity contribution < 1.29 is 4.74 Å². The summed E-state index contributed by atoms with van der Waals surface area (Å²) in [6.45, 7) is 6.68. The number of benzene rings is 3. The van der Waals surface area contributed by atoms with Gasteiger partial charge in [-0.2, -0.15) is 0 Å². The molecule has 1 atom stereocenters. The summed E-state index contributed by atoms with van der Waals surface area (Å²) in [5.41, 5.74) is 2.00. The van der Waals surface area contributed by atoms with Gasteiger partial charge in [0.1, 0.15) is 12.4 Å². The number of nitrogens with zero attached hydrogens (tertiary/aromatic N) is 1. The average Bonchev–Trinajstić information content (AvgIpc) is 3.22. The highest BCUT2D eigenvalue weighted by Crippen LogP contribution is 2.31. The maximum absolute atomic E-state index is 6.33. The van der Waals surface area contributed by atoms with Gasteiger partial charge in [0.15, 0.2) is 0 Å². The molecule has 0 amide bonds. The Morgan fingerprint density at radius 3 is 2.60 bits per heavy atom. The van der Waals surface area contributed by atoms with Crippen LogP contribution in [0.2, 0.25) is 10.0 Å². The molecule has 0 aliphatic carbocycles. The highest BCUT2D eigenvalue weighted by Gasteiger charge is 2.22. The van der Waals surface area contributed by atoms with Crippen LogP contribution in [0.3, 0.4) is 0 Å². The Kier molecular flexibility index (Phi) is 7.16. The first-order valence-electron chi connectivity index (χ1n) is 10.7. The lowest BCUT2D eigenvalue weighted by molar-refractivity contribution is 0.259. The highest BCUT2D eigenvalue weighted by molar-refractivity contribution is 6.35. The van der Waals surface area contributed by atoms with Gasteiger partial charge in [-0.1, -0.05) is 66.5 Å². The van der Waals surface area contributed by atoms with Gasteiger partial charge in [0, 0.05) is 40.3 Å². The number of halogens is 2. The van der Waals surface area contributed by atoms with Crippen molar-refractivity contribution in [3.05, 3.63) is 75.8 Å². The summed E-state index contributed by atoms with van der Waals surface area (Å²) in [5, 5.41) is 7.38. The van der Waals surface area contributed by atoms with Crippen molar-refractivity contribution in [3.8, 4) is 5.75 Å². The van der Waals surface area contributed by atoms with E-state index < -0.39 is 0 Å². The van der Waals surface area contributed by atoms with E-state index in [9.17, 15) is 0 Å². The van der Waals surface area contributed by atoms with Crippen LogP contribution in [0, 0.1) is 0 Å². The first-order chi connectivity index (χ1) is 14.7. The molecule has 1 aliphatic rings. The van der Waals surface area contributed by atoms with Crippen LogP contribution in [0.15, 0.2) is 54.6 Å². The molecule has 3 nitrogen and oxygen atoms in total. The fraction of sp³-hybridized carbons (Fsp3) is 0.360. The van der Waals surface area contributed by atoms with Crippen molar-refractivity contribution in [3.63, 3.8) is 0 Å². The van der Waals surface area contributed by atoms with Crippen LogP contribution in [0.4, 0.5) is 0 Å². The van der Waals surface area contributed by atoms with Gasteiger partial charge >= 0.3 is 0 Å². The Morgan fingerprint density at radius 1 is 1.00 bits per heavy atom. The fourth-order valence-electron chi connectivity index (χ4n) is 4.36. The van der Waals surface area contributed by atoms with Crippen molar-refractivity contribution >= 4 is 34.0 Å². The first-order valence-corrected chi connectivity index (χ1v) is 11.4. The molecule has 1 fully saturated rings. The summed E-state index contributed by atoms with van der Waals surface area (Å²) in [6.07, 6.45) is 2.56. The normalized spacial score (nSPS) is 17.0. The van der Waals surface area contributed by atoms with Gasteiger partial charge in [-0.05, 0) is 54.9 Å². The average molecular weight is 443 g/mol. The molecule has 1 heterocycles. The zero-order valence-corrected chi connectivity index (χ0v) is 18.8. The maximum atomic E-state index is 6.33. The minimum absolute atomic E-state index is 0.343. The zero-order valence-electron chi connectivity index (χ0n) is 17.3. The number of hydrogen-bond acceptors (Lipinski definition) is 3. The zero-order chi connectivity index (χ0) is 20.9. The third-order valence-corrected chi connectivity index (χ3v) is 6.73. The first kappa shape index (κ1) is 21.5. The van der Waals surface area contributed by atoms with Crippen LogP contribution >= 0.6 is 23.2 Å². The van der Waals surface area contributed by atoms with E-state index in [1.54, 1.807) is 0 Å². The van der Waals surface area contributed by atoms with E-state index in [2.05, 4.69) is 53.5 Å². The van der Waals surface area contributed by atoms with E-state index in [1.807, 2.05) is 18.2 Å². The molecule has 1 unspecified atom stereocenters. The number of rotatable bonds is 8. The third-order valence-electron chi connectivity index (χ3n) is 6.02. The van der Waals surface area contributed by atoms with Crippen molar-refractivity contribution in [1.29, 1.82) is 0 Å².